The fourth-order valence-corrected chi connectivity index (χ4v) is 4.42. The molecule has 0 unspecified atom stereocenters. The van der Waals surface area contributed by atoms with Gasteiger partial charge in [-0.1, -0.05) is 36.4 Å². The summed E-state index contributed by atoms with van der Waals surface area (Å²) in [4.78, 5) is 22.6. The van der Waals surface area contributed by atoms with E-state index in [4.69, 9.17) is 0 Å². The maximum Gasteiger partial charge on any atom is 0.289 e. The molecular formula is C22H24N6O. The highest BCUT2D eigenvalue weighted by Crippen LogP contribution is 2.55. The van der Waals surface area contributed by atoms with E-state index in [9.17, 15) is 4.79 Å². The molecule has 5 rings (SSSR count). The molecule has 29 heavy (non-hydrogen) atoms. The fourth-order valence-electron chi connectivity index (χ4n) is 4.42. The van der Waals surface area contributed by atoms with Crippen LogP contribution in [-0.2, 0) is 11.8 Å². The summed E-state index contributed by atoms with van der Waals surface area (Å²) in [7, 11) is 2.04. The molecule has 1 aliphatic heterocycles. The zero-order valence-corrected chi connectivity index (χ0v) is 16.4. The Kier molecular flexibility index (Phi) is 4.30. The Morgan fingerprint density at radius 3 is 2.83 bits per heavy atom. The molecule has 7 nitrogen and oxygen atoms in total. The number of benzene rings is 1. The molecular weight excluding hydrogens is 364 g/mol. The third kappa shape index (κ3) is 3.48. The Morgan fingerprint density at radius 1 is 1.21 bits per heavy atom. The summed E-state index contributed by atoms with van der Waals surface area (Å²) >= 11 is 0. The van der Waals surface area contributed by atoms with Crippen molar-refractivity contribution in [2.24, 2.45) is 0 Å². The SMILES string of the molecule is CN1C[C@H](NC(=O)c2nnc(Cc3ccccc3)[nH]2)CC2(CC2)c2cccnc21. The van der Waals surface area contributed by atoms with Gasteiger partial charge in [0.15, 0.2) is 0 Å². The first-order valence-electron chi connectivity index (χ1n) is 10.1. The van der Waals surface area contributed by atoms with Crippen LogP contribution in [0.25, 0.3) is 0 Å². The molecule has 7 heteroatoms. The largest absolute Gasteiger partial charge is 0.357 e. The lowest BCUT2D eigenvalue weighted by molar-refractivity contribution is 0.0924. The number of rotatable bonds is 4. The average molecular weight is 388 g/mol. The molecule has 2 aliphatic rings. The first-order valence-corrected chi connectivity index (χ1v) is 10.1. The summed E-state index contributed by atoms with van der Waals surface area (Å²) in [6, 6.07) is 14.2. The first-order chi connectivity index (χ1) is 14.1. The molecule has 1 spiro atoms. The van der Waals surface area contributed by atoms with Crippen LogP contribution in [0.1, 0.15) is 46.8 Å². The van der Waals surface area contributed by atoms with Gasteiger partial charge in [0.1, 0.15) is 11.6 Å². The number of hydrogen-bond donors (Lipinski definition) is 2. The second kappa shape index (κ2) is 6.99. The summed E-state index contributed by atoms with van der Waals surface area (Å²) < 4.78 is 0. The zero-order valence-electron chi connectivity index (χ0n) is 16.4. The van der Waals surface area contributed by atoms with Crippen molar-refractivity contribution in [2.45, 2.75) is 37.1 Å². The lowest BCUT2D eigenvalue weighted by Gasteiger charge is -2.22. The number of carbonyl (C=O) groups is 1. The normalized spacial score (nSPS) is 19.5. The number of fused-ring (bicyclic) bond motifs is 2. The smallest absolute Gasteiger partial charge is 0.289 e. The van der Waals surface area contributed by atoms with Crippen LogP contribution in [0.2, 0.25) is 0 Å². The highest BCUT2D eigenvalue weighted by Gasteiger charge is 2.49. The van der Waals surface area contributed by atoms with Crippen LogP contribution < -0.4 is 10.2 Å². The molecule has 1 aliphatic carbocycles. The van der Waals surface area contributed by atoms with Gasteiger partial charge in [-0.3, -0.25) is 4.79 Å². The van der Waals surface area contributed by atoms with Crippen molar-refractivity contribution in [1.29, 1.82) is 0 Å². The number of aromatic nitrogens is 4. The fraction of sp³-hybridized carbons (Fsp3) is 0.364. The lowest BCUT2D eigenvalue weighted by Crippen LogP contribution is -2.43. The van der Waals surface area contributed by atoms with E-state index in [0.29, 0.717) is 12.2 Å². The van der Waals surface area contributed by atoms with Gasteiger partial charge in [-0.2, -0.15) is 0 Å². The van der Waals surface area contributed by atoms with Crippen molar-refractivity contribution in [3.8, 4) is 0 Å². The maximum atomic E-state index is 12.8. The molecule has 148 valence electrons. The van der Waals surface area contributed by atoms with Crippen LogP contribution in [0.3, 0.4) is 0 Å². The van der Waals surface area contributed by atoms with E-state index in [2.05, 4.69) is 36.4 Å². The summed E-state index contributed by atoms with van der Waals surface area (Å²) in [5.41, 5.74) is 2.58. The van der Waals surface area contributed by atoms with Crippen LogP contribution >= 0.6 is 0 Å². The number of nitrogens with one attached hydrogen (secondary N) is 2. The zero-order chi connectivity index (χ0) is 19.8. The minimum absolute atomic E-state index is 0.0341. The third-order valence-corrected chi connectivity index (χ3v) is 6.00. The van der Waals surface area contributed by atoms with Crippen molar-refractivity contribution in [1.82, 2.24) is 25.5 Å². The predicted molar refractivity (Wildman–Crippen MR) is 110 cm³/mol. The van der Waals surface area contributed by atoms with Gasteiger partial charge in [0.2, 0.25) is 5.82 Å². The van der Waals surface area contributed by atoms with Gasteiger partial charge in [-0.05, 0) is 30.9 Å². The Hall–Kier alpha value is -3.22. The molecule has 2 aromatic heterocycles. The highest BCUT2D eigenvalue weighted by atomic mass is 16.2. The number of carbonyl (C=O) groups excluding carboxylic acids is 1. The van der Waals surface area contributed by atoms with E-state index in [0.717, 1.165) is 37.2 Å². The van der Waals surface area contributed by atoms with Gasteiger partial charge in [-0.15, -0.1) is 10.2 Å². The van der Waals surface area contributed by atoms with Crippen molar-refractivity contribution < 1.29 is 4.79 Å². The lowest BCUT2D eigenvalue weighted by atomic mass is 9.90. The third-order valence-electron chi connectivity index (χ3n) is 6.00. The summed E-state index contributed by atoms with van der Waals surface area (Å²) in [5.74, 6) is 1.79. The molecule has 1 amide bonds. The molecule has 1 aromatic carbocycles. The number of nitrogens with zero attached hydrogens (tertiary/aromatic N) is 4. The quantitative estimate of drug-likeness (QED) is 0.717. The van der Waals surface area contributed by atoms with Crippen molar-refractivity contribution in [3.05, 3.63) is 71.4 Å². The van der Waals surface area contributed by atoms with Crippen LogP contribution in [0.5, 0.6) is 0 Å². The summed E-state index contributed by atoms with van der Waals surface area (Å²) in [5, 5.41) is 11.4. The number of H-pyrrole nitrogens is 1. The monoisotopic (exact) mass is 388 g/mol. The number of likely N-dealkylation sites (N-methyl/N-ethyl adjacent to an activating group) is 1. The van der Waals surface area contributed by atoms with Gasteiger partial charge in [0.25, 0.3) is 5.91 Å². The number of pyridine rings is 1. The molecule has 1 fully saturated rings. The average Bonchev–Trinajstić information content (AvgIpc) is 3.38. The van der Waals surface area contributed by atoms with Crippen LogP contribution in [0, 0.1) is 0 Å². The molecule has 0 bridgehead atoms. The van der Waals surface area contributed by atoms with E-state index >= 15 is 0 Å². The second-order valence-corrected chi connectivity index (χ2v) is 8.19. The van der Waals surface area contributed by atoms with Crippen molar-refractivity contribution in [2.75, 3.05) is 18.5 Å². The number of amides is 1. The van der Waals surface area contributed by atoms with Gasteiger partial charge >= 0.3 is 0 Å². The minimum Gasteiger partial charge on any atom is -0.357 e. The number of aromatic amines is 1. The van der Waals surface area contributed by atoms with Crippen LogP contribution in [-0.4, -0.2) is 45.7 Å². The predicted octanol–water partition coefficient (Wildman–Crippen LogP) is 2.46. The Balaban J connectivity index is 1.29. The Labute approximate surface area is 169 Å². The number of hydrogen-bond acceptors (Lipinski definition) is 5. The highest BCUT2D eigenvalue weighted by molar-refractivity contribution is 5.90. The van der Waals surface area contributed by atoms with Crippen LogP contribution in [0.15, 0.2) is 48.7 Å². The Bertz CT molecular complexity index is 1030. The number of anilines is 1. The van der Waals surface area contributed by atoms with Crippen LogP contribution in [0.4, 0.5) is 5.82 Å². The Morgan fingerprint density at radius 2 is 2.03 bits per heavy atom. The molecule has 3 aromatic rings. The molecule has 2 N–H and O–H groups in total. The van der Waals surface area contributed by atoms with E-state index < -0.39 is 0 Å². The van der Waals surface area contributed by atoms with E-state index in [1.165, 1.54) is 5.56 Å². The minimum atomic E-state index is -0.204. The first kappa shape index (κ1) is 17.8. The topological polar surface area (TPSA) is 86.8 Å². The standard InChI is InChI=1S/C22H24N6O/c1-28-14-16(13-22(9-10-22)17-8-5-11-23-20(17)28)24-21(29)19-25-18(26-27-19)12-15-6-3-2-4-7-15/h2-8,11,16H,9-10,12-14H2,1H3,(H,24,29)(H,25,26,27)/t16-/m1/s1. The second-order valence-electron chi connectivity index (χ2n) is 8.19. The van der Waals surface area contributed by atoms with Gasteiger partial charge in [-0.25, -0.2) is 4.98 Å². The van der Waals surface area contributed by atoms with Crippen molar-refractivity contribution >= 4 is 11.7 Å². The van der Waals surface area contributed by atoms with E-state index in [-0.39, 0.29) is 23.2 Å². The van der Waals surface area contributed by atoms with E-state index in [1.807, 2.05) is 49.6 Å². The van der Waals surface area contributed by atoms with Gasteiger partial charge in [0.05, 0.1) is 0 Å². The van der Waals surface area contributed by atoms with Crippen molar-refractivity contribution in [3.63, 3.8) is 0 Å². The van der Waals surface area contributed by atoms with Gasteiger partial charge in [0, 0.05) is 43.2 Å². The molecule has 1 atom stereocenters. The molecule has 0 saturated heterocycles. The summed E-state index contributed by atoms with van der Waals surface area (Å²) in [6.45, 7) is 0.725. The molecule has 3 heterocycles. The molecule has 0 radical (unpaired) electrons. The molecule has 1 saturated carbocycles. The summed E-state index contributed by atoms with van der Waals surface area (Å²) in [6.07, 6.45) is 5.68. The maximum absolute atomic E-state index is 12.8. The van der Waals surface area contributed by atoms with Gasteiger partial charge < -0.3 is 15.2 Å². The van der Waals surface area contributed by atoms with E-state index in [1.54, 1.807) is 0 Å².